The molecule has 12 nitrogen and oxygen atoms in total. The molecule has 2 aromatic carbocycles. The SMILES string of the molecule is COC(=O)CC(C)(C)C1C2=N/C(=C(/c3ccc(OC(C)=O)cc3)c3ccc([nH]3)C(C(C)(C)CC(=O)OC)c3ccc([nH]3)/C(c3ccc(OC(C)=O)cc3)=C3/C=CC1=N3)C=C2. The Labute approximate surface area is 348 Å². The van der Waals surface area contributed by atoms with E-state index in [1.807, 2.05) is 101 Å². The lowest BCUT2D eigenvalue weighted by Crippen LogP contribution is -2.37. The van der Waals surface area contributed by atoms with Crippen LogP contribution in [-0.4, -0.2) is 59.5 Å². The number of aromatic amines is 2. The maximum absolute atomic E-state index is 12.9. The van der Waals surface area contributed by atoms with Gasteiger partial charge in [0.15, 0.2) is 0 Å². The first-order valence-corrected chi connectivity index (χ1v) is 19.7. The molecule has 0 spiro atoms. The largest absolute Gasteiger partial charge is 0.469 e. The lowest BCUT2D eigenvalue weighted by Gasteiger charge is -2.33. The molecular formula is C48H48N4O8. The molecule has 4 aromatic rings. The number of aromatic nitrogens is 2. The van der Waals surface area contributed by atoms with E-state index in [1.165, 1.54) is 28.1 Å². The van der Waals surface area contributed by atoms with E-state index < -0.39 is 28.7 Å². The van der Waals surface area contributed by atoms with Crippen LogP contribution in [-0.2, 0) is 28.7 Å². The number of allylic oxidation sites excluding steroid dienone is 4. The van der Waals surface area contributed by atoms with Gasteiger partial charge in [0.25, 0.3) is 0 Å². The highest BCUT2D eigenvalue weighted by atomic mass is 16.5. The minimum Gasteiger partial charge on any atom is -0.469 e. The Kier molecular flexibility index (Phi) is 11.3. The number of esters is 4. The van der Waals surface area contributed by atoms with E-state index >= 15 is 0 Å². The molecule has 0 radical (unpaired) electrons. The summed E-state index contributed by atoms with van der Waals surface area (Å²) >= 11 is 0. The number of hydrogen-bond acceptors (Lipinski definition) is 10. The predicted molar refractivity (Wildman–Crippen MR) is 228 cm³/mol. The minimum atomic E-state index is -0.703. The maximum atomic E-state index is 12.9. The number of nitrogens with zero attached hydrogens (tertiary/aromatic N) is 2. The van der Waals surface area contributed by atoms with E-state index in [2.05, 4.69) is 9.97 Å². The number of methoxy groups -OCH3 is 2. The van der Waals surface area contributed by atoms with Crippen molar-refractivity contribution in [1.29, 1.82) is 0 Å². The molecule has 0 saturated carbocycles. The van der Waals surface area contributed by atoms with Crippen molar-refractivity contribution in [3.63, 3.8) is 0 Å². The van der Waals surface area contributed by atoms with Gasteiger partial charge in [-0.05, 0) is 94.8 Å². The molecule has 60 heavy (non-hydrogen) atoms. The average Bonchev–Trinajstić information content (AvgIpc) is 4.03. The van der Waals surface area contributed by atoms with Gasteiger partial charge in [-0.1, -0.05) is 52.0 Å². The quantitative estimate of drug-likeness (QED) is 0.119. The third kappa shape index (κ3) is 8.49. The third-order valence-corrected chi connectivity index (χ3v) is 11.0. The summed E-state index contributed by atoms with van der Waals surface area (Å²) in [5, 5.41) is 0. The fourth-order valence-corrected chi connectivity index (χ4v) is 8.46. The number of H-pyrrole nitrogens is 2. The first-order valence-electron chi connectivity index (χ1n) is 19.7. The monoisotopic (exact) mass is 808 g/mol. The van der Waals surface area contributed by atoms with E-state index in [0.29, 0.717) is 34.3 Å². The Morgan fingerprint density at radius 1 is 0.550 bits per heavy atom. The lowest BCUT2D eigenvalue weighted by atomic mass is 9.71. The number of carbonyl (C=O) groups excluding carboxylic acids is 4. The van der Waals surface area contributed by atoms with E-state index in [4.69, 9.17) is 28.9 Å². The zero-order valence-electron chi connectivity index (χ0n) is 35.0. The van der Waals surface area contributed by atoms with Crippen LogP contribution in [0.25, 0.3) is 11.1 Å². The lowest BCUT2D eigenvalue weighted by molar-refractivity contribution is -0.144. The van der Waals surface area contributed by atoms with Crippen LogP contribution in [0.5, 0.6) is 11.5 Å². The number of hydrogen-bond donors (Lipinski definition) is 2. The normalized spacial score (nSPS) is 19.7. The molecule has 0 amide bonds. The van der Waals surface area contributed by atoms with Gasteiger partial charge in [-0.3, -0.25) is 29.2 Å². The van der Waals surface area contributed by atoms with Crippen LogP contribution in [0.15, 0.2) is 118 Å². The van der Waals surface area contributed by atoms with Crippen molar-refractivity contribution in [1.82, 2.24) is 9.97 Å². The Morgan fingerprint density at radius 3 is 1.30 bits per heavy atom. The highest BCUT2D eigenvalue weighted by Gasteiger charge is 2.41. The van der Waals surface area contributed by atoms with Crippen molar-refractivity contribution in [2.45, 2.75) is 60.3 Å². The summed E-state index contributed by atoms with van der Waals surface area (Å²) in [6, 6.07) is 22.6. The summed E-state index contributed by atoms with van der Waals surface area (Å²) in [4.78, 5) is 67.5. The van der Waals surface area contributed by atoms with E-state index in [1.54, 1.807) is 24.3 Å². The van der Waals surface area contributed by atoms with Gasteiger partial charge in [0.2, 0.25) is 0 Å². The summed E-state index contributed by atoms with van der Waals surface area (Å²) in [6.45, 7) is 10.8. The number of benzene rings is 2. The molecule has 0 saturated heterocycles. The molecule has 0 atom stereocenters. The Balaban J connectivity index is 1.51. The van der Waals surface area contributed by atoms with Gasteiger partial charge in [-0.25, -0.2) is 0 Å². The van der Waals surface area contributed by atoms with E-state index in [9.17, 15) is 19.2 Å². The molecule has 2 N–H and O–H groups in total. The molecule has 12 heteroatoms. The second kappa shape index (κ2) is 16.4. The van der Waals surface area contributed by atoms with Crippen molar-refractivity contribution in [2.24, 2.45) is 26.7 Å². The van der Waals surface area contributed by atoms with Gasteiger partial charge in [-0.2, -0.15) is 0 Å². The number of nitrogens with one attached hydrogen (secondary N) is 2. The van der Waals surface area contributed by atoms with Crippen LogP contribution in [0.1, 0.15) is 94.2 Å². The van der Waals surface area contributed by atoms with E-state index in [-0.39, 0.29) is 30.7 Å². The summed E-state index contributed by atoms with van der Waals surface area (Å²) in [5.74, 6) is -1.51. The number of fused-ring (bicyclic) bond motifs is 6. The summed E-state index contributed by atoms with van der Waals surface area (Å²) < 4.78 is 21.1. The molecule has 0 fully saturated rings. The molecule has 0 unspecified atom stereocenters. The zero-order chi connectivity index (χ0) is 42.9. The van der Waals surface area contributed by atoms with Gasteiger partial charge in [0.05, 0.1) is 49.9 Å². The van der Waals surface area contributed by atoms with Crippen LogP contribution < -0.4 is 9.47 Å². The fourth-order valence-electron chi connectivity index (χ4n) is 8.46. The van der Waals surface area contributed by atoms with Gasteiger partial charge in [0, 0.05) is 59.6 Å². The molecule has 308 valence electrons. The average molecular weight is 809 g/mol. The molecule has 5 heterocycles. The zero-order valence-corrected chi connectivity index (χ0v) is 35.0. The number of carbonyl (C=O) groups is 4. The molecule has 3 aliphatic rings. The van der Waals surface area contributed by atoms with Crippen molar-refractivity contribution < 1.29 is 38.1 Å². The predicted octanol–water partition coefficient (Wildman–Crippen LogP) is 8.67. The molecule has 8 bridgehead atoms. The number of ether oxygens (including phenoxy) is 4. The minimum absolute atomic E-state index is 0.101. The number of aliphatic imine (C=N–C) groups is 2. The molecule has 7 rings (SSSR count). The Hall–Kier alpha value is -6.82. The van der Waals surface area contributed by atoms with Gasteiger partial charge < -0.3 is 28.9 Å². The van der Waals surface area contributed by atoms with Crippen molar-refractivity contribution >= 4 is 46.4 Å². The van der Waals surface area contributed by atoms with Crippen LogP contribution in [0.4, 0.5) is 0 Å². The Bertz CT molecular complexity index is 2410. The van der Waals surface area contributed by atoms with Crippen molar-refractivity contribution in [2.75, 3.05) is 14.2 Å². The van der Waals surface area contributed by atoms with E-state index in [0.717, 1.165) is 45.0 Å². The van der Waals surface area contributed by atoms with Crippen molar-refractivity contribution in [3.8, 4) is 11.5 Å². The van der Waals surface area contributed by atoms with Crippen molar-refractivity contribution in [3.05, 3.63) is 142 Å². The van der Waals surface area contributed by atoms with Gasteiger partial charge in [0.1, 0.15) is 11.5 Å². The molecule has 0 aliphatic carbocycles. The highest BCUT2D eigenvalue weighted by Crippen LogP contribution is 2.46. The Morgan fingerprint density at radius 2 is 0.933 bits per heavy atom. The first-order chi connectivity index (χ1) is 28.6. The van der Waals surface area contributed by atoms with Crippen LogP contribution >= 0.6 is 0 Å². The first kappa shape index (κ1) is 41.3. The maximum Gasteiger partial charge on any atom is 0.308 e. The summed E-state index contributed by atoms with van der Waals surface area (Å²) in [5.41, 5.74) is 7.85. The molecular weight excluding hydrogens is 761 g/mol. The van der Waals surface area contributed by atoms with Gasteiger partial charge in [-0.15, -0.1) is 0 Å². The molecule has 3 aliphatic heterocycles. The van der Waals surface area contributed by atoms with Gasteiger partial charge >= 0.3 is 23.9 Å². The molecule has 2 aromatic heterocycles. The fraction of sp³-hybridized carbons (Fsp3) is 0.292. The second-order valence-electron chi connectivity index (χ2n) is 16.5. The summed E-state index contributed by atoms with van der Waals surface area (Å²) in [6.07, 6.45) is 8.10. The van der Waals surface area contributed by atoms with Crippen LogP contribution in [0.3, 0.4) is 0 Å². The standard InChI is InChI=1S/C48H48N4O8/c1-27(53)59-31-13-9-29(10-14-31)43-33-17-21-37(49-33)45(47(3,4)25-41(55)57-7)39-23-19-35(51-39)44(30-11-15-32(16-12-30)60-28(2)54)36-20-24-40(52-36)46(38-22-18-34(43)50-38)48(5,6)26-42(56)58-8/h9-24,45-46,49,51H,25-26H2,1-8H3/b43-34-,44-36-. The summed E-state index contributed by atoms with van der Waals surface area (Å²) in [7, 11) is 2.77. The third-order valence-electron chi connectivity index (χ3n) is 11.0. The highest BCUT2D eigenvalue weighted by molar-refractivity contribution is 6.20. The number of rotatable bonds is 10. The van der Waals surface area contributed by atoms with Crippen LogP contribution in [0, 0.1) is 16.7 Å². The smallest absolute Gasteiger partial charge is 0.308 e. The van der Waals surface area contributed by atoms with Crippen LogP contribution in [0.2, 0.25) is 0 Å². The second-order valence-corrected chi connectivity index (χ2v) is 16.5. The topological polar surface area (TPSA) is 162 Å².